The van der Waals surface area contributed by atoms with Crippen LogP contribution < -0.4 is 4.90 Å². The Labute approximate surface area is 168 Å². The van der Waals surface area contributed by atoms with Crippen LogP contribution in [-0.4, -0.2) is 32.4 Å². The molecule has 1 heterocycles. The number of anilines is 1. The molecule has 1 saturated heterocycles. The van der Waals surface area contributed by atoms with E-state index in [4.69, 9.17) is 23.8 Å². The van der Waals surface area contributed by atoms with E-state index in [0.717, 1.165) is 22.7 Å². The minimum Gasteiger partial charge on any atom is -0.478 e. The number of thiocarbonyl (C=S) groups is 1. The van der Waals surface area contributed by atoms with Crippen molar-refractivity contribution >= 4 is 69.5 Å². The van der Waals surface area contributed by atoms with Crippen LogP contribution in [0.4, 0.5) is 5.69 Å². The molecule has 6 nitrogen and oxygen atoms in total. The molecule has 0 spiro atoms. The van der Waals surface area contributed by atoms with Crippen LogP contribution in [0.3, 0.4) is 0 Å². The lowest BCUT2D eigenvalue weighted by molar-refractivity contribution is -0.113. The van der Waals surface area contributed by atoms with Gasteiger partial charge in [-0.25, -0.2) is 9.59 Å². The molecule has 0 aliphatic carbocycles. The zero-order valence-electron chi connectivity index (χ0n) is 13.4. The number of aromatic carboxylic acids is 2. The molecule has 0 atom stereocenters. The summed E-state index contributed by atoms with van der Waals surface area (Å²) in [5, 5.41) is 18.9. The van der Waals surface area contributed by atoms with Gasteiger partial charge in [0.2, 0.25) is 0 Å². The van der Waals surface area contributed by atoms with Gasteiger partial charge >= 0.3 is 11.9 Å². The fourth-order valence-corrected chi connectivity index (χ4v) is 3.92. The minimum absolute atomic E-state index is 0.0873. The Balaban J connectivity index is 2.03. The van der Waals surface area contributed by atoms with Gasteiger partial charge in [-0.1, -0.05) is 47.7 Å². The number of nitrogens with zero attached hydrogens (tertiary/aromatic N) is 1. The Morgan fingerprint density at radius 2 is 1.70 bits per heavy atom. The molecule has 3 rings (SSSR count). The summed E-state index contributed by atoms with van der Waals surface area (Å²) in [5.74, 6) is -3.08. The second-order valence-corrected chi connectivity index (χ2v) is 7.56. The smallest absolute Gasteiger partial charge is 0.335 e. The number of carboxylic acids is 2. The van der Waals surface area contributed by atoms with Gasteiger partial charge in [0, 0.05) is 5.02 Å². The highest BCUT2D eigenvalue weighted by molar-refractivity contribution is 8.27. The van der Waals surface area contributed by atoms with E-state index < -0.39 is 17.8 Å². The Morgan fingerprint density at radius 3 is 2.26 bits per heavy atom. The number of halogens is 1. The second-order valence-electron chi connectivity index (χ2n) is 5.45. The summed E-state index contributed by atoms with van der Waals surface area (Å²) in [6.07, 6.45) is 1.62. The Bertz CT molecular complexity index is 1000. The van der Waals surface area contributed by atoms with E-state index >= 15 is 0 Å². The van der Waals surface area contributed by atoms with E-state index in [9.17, 15) is 24.6 Å². The van der Waals surface area contributed by atoms with Crippen LogP contribution in [0.5, 0.6) is 0 Å². The van der Waals surface area contributed by atoms with Crippen LogP contribution in [0.2, 0.25) is 5.02 Å². The summed E-state index contributed by atoms with van der Waals surface area (Å²) < 4.78 is 0.173. The molecule has 1 aliphatic heterocycles. The third-order valence-electron chi connectivity index (χ3n) is 3.61. The number of rotatable bonds is 4. The number of amides is 1. The van der Waals surface area contributed by atoms with Crippen molar-refractivity contribution in [3.63, 3.8) is 0 Å². The average Bonchev–Trinajstić information content (AvgIpc) is 2.88. The molecule has 0 radical (unpaired) electrons. The zero-order chi connectivity index (χ0) is 19.7. The van der Waals surface area contributed by atoms with Gasteiger partial charge in [-0.3, -0.25) is 9.69 Å². The van der Waals surface area contributed by atoms with Crippen molar-refractivity contribution in [3.05, 3.63) is 69.1 Å². The maximum absolute atomic E-state index is 12.8. The number of carbonyl (C=O) groups excluding carboxylic acids is 1. The SMILES string of the molecule is O=C(O)c1cc(C(=O)O)cc(N2C(=O)/C(=C/c3cccc(Cl)c3)SC2=S)c1. The standard InChI is InChI=1S/C18H10ClNO5S2/c19-12-3-1-2-9(4-12)5-14-15(21)20(18(26)27-14)13-7-10(16(22)23)6-11(8-13)17(24)25/h1-8H,(H,22,23)(H,24,25)/b14-5-. The van der Waals surface area contributed by atoms with Crippen molar-refractivity contribution in [2.24, 2.45) is 0 Å². The molecular weight excluding hydrogens is 410 g/mol. The van der Waals surface area contributed by atoms with Crippen molar-refractivity contribution in [3.8, 4) is 0 Å². The molecule has 0 bridgehead atoms. The van der Waals surface area contributed by atoms with E-state index in [1.165, 1.54) is 12.1 Å². The Hall–Kier alpha value is -2.68. The van der Waals surface area contributed by atoms with Gasteiger partial charge in [0.25, 0.3) is 5.91 Å². The zero-order valence-corrected chi connectivity index (χ0v) is 15.8. The molecule has 2 N–H and O–H groups in total. The average molecular weight is 420 g/mol. The largest absolute Gasteiger partial charge is 0.478 e. The van der Waals surface area contributed by atoms with Gasteiger partial charge in [-0.05, 0) is 42.0 Å². The molecule has 1 amide bonds. The van der Waals surface area contributed by atoms with Gasteiger partial charge in [0.1, 0.15) is 0 Å². The van der Waals surface area contributed by atoms with Crippen LogP contribution >= 0.6 is 35.6 Å². The van der Waals surface area contributed by atoms with Crippen LogP contribution in [0.15, 0.2) is 47.4 Å². The topological polar surface area (TPSA) is 94.9 Å². The Morgan fingerprint density at radius 1 is 1.07 bits per heavy atom. The number of carboxylic acid groups (broad SMARTS) is 2. The lowest BCUT2D eigenvalue weighted by Crippen LogP contribution is -2.28. The molecule has 27 heavy (non-hydrogen) atoms. The summed E-state index contributed by atoms with van der Waals surface area (Å²) in [4.78, 5) is 36.8. The van der Waals surface area contributed by atoms with E-state index in [1.54, 1.807) is 30.3 Å². The van der Waals surface area contributed by atoms with Crippen molar-refractivity contribution in [2.75, 3.05) is 4.90 Å². The number of benzene rings is 2. The molecule has 1 fully saturated rings. The normalized spacial score (nSPS) is 15.4. The first-order valence-electron chi connectivity index (χ1n) is 7.41. The second kappa shape index (κ2) is 7.51. The van der Waals surface area contributed by atoms with Crippen LogP contribution in [0, 0.1) is 0 Å². The molecule has 9 heteroatoms. The van der Waals surface area contributed by atoms with Crippen LogP contribution in [0.1, 0.15) is 26.3 Å². The van der Waals surface area contributed by atoms with Crippen LogP contribution in [0.25, 0.3) is 6.08 Å². The van der Waals surface area contributed by atoms with Crippen molar-refractivity contribution < 1.29 is 24.6 Å². The first-order valence-corrected chi connectivity index (χ1v) is 9.02. The summed E-state index contributed by atoms with van der Waals surface area (Å²) >= 11 is 12.2. The molecule has 136 valence electrons. The third-order valence-corrected chi connectivity index (χ3v) is 5.15. The van der Waals surface area contributed by atoms with Crippen molar-refractivity contribution in [2.45, 2.75) is 0 Å². The lowest BCUT2D eigenvalue weighted by atomic mass is 10.1. The quantitative estimate of drug-likeness (QED) is 0.568. The summed E-state index contributed by atoms with van der Waals surface area (Å²) in [5.41, 5.74) is 0.286. The number of hydrogen-bond donors (Lipinski definition) is 2. The number of hydrogen-bond acceptors (Lipinski definition) is 5. The van der Waals surface area contributed by atoms with Gasteiger partial charge in [0.15, 0.2) is 4.32 Å². The van der Waals surface area contributed by atoms with E-state index in [0.29, 0.717) is 15.5 Å². The maximum Gasteiger partial charge on any atom is 0.335 e. The Kier molecular flexibility index (Phi) is 5.31. The lowest BCUT2D eigenvalue weighted by Gasteiger charge is -2.16. The highest BCUT2D eigenvalue weighted by atomic mass is 35.5. The van der Waals surface area contributed by atoms with Gasteiger partial charge < -0.3 is 10.2 Å². The molecule has 0 aromatic heterocycles. The van der Waals surface area contributed by atoms with E-state index in [-0.39, 0.29) is 21.1 Å². The predicted molar refractivity (Wildman–Crippen MR) is 107 cm³/mol. The number of thioether (sulfide) groups is 1. The van der Waals surface area contributed by atoms with E-state index in [2.05, 4.69) is 0 Å². The molecule has 0 saturated carbocycles. The highest BCUT2D eigenvalue weighted by Crippen LogP contribution is 2.37. The monoisotopic (exact) mass is 419 g/mol. The van der Waals surface area contributed by atoms with Crippen LogP contribution in [-0.2, 0) is 4.79 Å². The molecule has 2 aromatic rings. The first-order chi connectivity index (χ1) is 12.8. The predicted octanol–water partition coefficient (Wildman–Crippen LogP) is 4.14. The third kappa shape index (κ3) is 4.02. The van der Waals surface area contributed by atoms with E-state index in [1.807, 2.05) is 0 Å². The fourth-order valence-electron chi connectivity index (χ4n) is 2.43. The van der Waals surface area contributed by atoms with Crippen molar-refractivity contribution in [1.82, 2.24) is 0 Å². The molecule has 2 aromatic carbocycles. The summed E-state index contributed by atoms with van der Waals surface area (Å²) in [6, 6.07) is 10.3. The van der Waals surface area contributed by atoms with Gasteiger partial charge in [-0.2, -0.15) is 0 Å². The van der Waals surface area contributed by atoms with Gasteiger partial charge in [-0.15, -0.1) is 0 Å². The molecule has 0 unspecified atom stereocenters. The highest BCUT2D eigenvalue weighted by Gasteiger charge is 2.34. The molecular formula is C18H10ClNO5S2. The van der Waals surface area contributed by atoms with Gasteiger partial charge in [0.05, 0.1) is 21.7 Å². The fraction of sp³-hybridized carbons (Fsp3) is 0. The first kappa shape index (κ1) is 19.1. The van der Waals surface area contributed by atoms with Crippen molar-refractivity contribution in [1.29, 1.82) is 0 Å². The molecule has 1 aliphatic rings. The number of carbonyl (C=O) groups is 3. The summed E-state index contributed by atoms with van der Waals surface area (Å²) in [6.45, 7) is 0. The minimum atomic E-state index is -1.31. The summed E-state index contributed by atoms with van der Waals surface area (Å²) in [7, 11) is 0. The maximum atomic E-state index is 12.8.